The van der Waals surface area contributed by atoms with E-state index in [1.807, 2.05) is 29.2 Å². The quantitative estimate of drug-likeness (QED) is 0.648. The van der Waals surface area contributed by atoms with Crippen LogP contribution in [0.4, 0.5) is 0 Å². The maximum absolute atomic E-state index is 12.9. The number of amides is 1. The lowest BCUT2D eigenvalue weighted by Gasteiger charge is -2.17. The zero-order valence-electron chi connectivity index (χ0n) is 16.0. The zero-order chi connectivity index (χ0) is 19.7. The number of carbonyl (C=O) groups excluding carboxylic acids is 2. The fourth-order valence-corrected chi connectivity index (χ4v) is 3.86. The Labute approximate surface area is 163 Å². The molecule has 0 spiro atoms. The van der Waals surface area contributed by atoms with Crippen LogP contribution in [0.25, 0.3) is 11.1 Å². The molecule has 1 unspecified atom stereocenters. The molecule has 6 nitrogen and oxygen atoms in total. The number of hydrogen-bond donors (Lipinski definition) is 0. The van der Waals surface area contributed by atoms with Crippen LogP contribution in [0, 0.1) is 12.8 Å². The van der Waals surface area contributed by atoms with Gasteiger partial charge in [0.2, 0.25) is 0 Å². The molecule has 2 heterocycles. The van der Waals surface area contributed by atoms with Crippen molar-refractivity contribution in [2.24, 2.45) is 5.92 Å². The first kappa shape index (κ1) is 18.2. The maximum Gasteiger partial charge on any atom is 0.338 e. The molecule has 0 saturated carbocycles. The third-order valence-electron chi connectivity index (χ3n) is 5.25. The Bertz CT molecular complexity index is 1040. The lowest BCUT2D eigenvalue weighted by Crippen LogP contribution is -2.29. The molecular weight excluding hydrogens is 356 g/mol. The van der Waals surface area contributed by atoms with Crippen LogP contribution < -0.4 is 0 Å². The summed E-state index contributed by atoms with van der Waals surface area (Å²) < 4.78 is 10.4. The Morgan fingerprint density at radius 1 is 1.25 bits per heavy atom. The summed E-state index contributed by atoms with van der Waals surface area (Å²) in [6.07, 6.45) is 1.65. The second-order valence-electron chi connectivity index (χ2n) is 7.17. The van der Waals surface area contributed by atoms with Crippen LogP contribution in [-0.4, -0.2) is 42.0 Å². The molecule has 2 aromatic carbocycles. The SMILES string of the molecule is COC(=O)c1ccccc1CC1CCN(C(=O)c2ccc3nc(C)oc3c2)C1. The smallest absolute Gasteiger partial charge is 0.338 e. The van der Waals surface area contributed by atoms with Gasteiger partial charge in [-0.3, -0.25) is 4.79 Å². The summed E-state index contributed by atoms with van der Waals surface area (Å²) >= 11 is 0. The van der Waals surface area contributed by atoms with Gasteiger partial charge in [0.05, 0.1) is 12.7 Å². The average Bonchev–Trinajstić information content (AvgIpc) is 3.32. The number of carbonyl (C=O) groups is 2. The van der Waals surface area contributed by atoms with Crippen LogP contribution in [0.15, 0.2) is 46.9 Å². The molecule has 0 bridgehead atoms. The van der Waals surface area contributed by atoms with E-state index in [-0.39, 0.29) is 11.9 Å². The summed E-state index contributed by atoms with van der Waals surface area (Å²) in [5.41, 5.74) is 3.56. The predicted octanol–water partition coefficient (Wildman–Crippen LogP) is 3.63. The number of fused-ring (bicyclic) bond motifs is 1. The topological polar surface area (TPSA) is 72.6 Å². The van der Waals surface area contributed by atoms with Crippen molar-refractivity contribution in [1.29, 1.82) is 0 Å². The van der Waals surface area contributed by atoms with Crippen molar-refractivity contribution in [3.63, 3.8) is 0 Å². The molecule has 144 valence electrons. The van der Waals surface area contributed by atoms with Gasteiger partial charge in [0, 0.05) is 25.6 Å². The molecule has 1 aliphatic rings. The van der Waals surface area contributed by atoms with Crippen LogP contribution in [0.2, 0.25) is 0 Å². The first-order chi connectivity index (χ1) is 13.5. The number of hydrogen-bond acceptors (Lipinski definition) is 5. The molecule has 1 amide bonds. The summed E-state index contributed by atoms with van der Waals surface area (Å²) in [6.45, 7) is 3.16. The molecule has 4 rings (SSSR count). The standard InChI is InChI=1S/C22H22N2O4/c1-14-23-19-8-7-17(12-20(19)28-14)21(25)24-10-9-15(13-24)11-16-5-3-4-6-18(16)22(26)27-2/h3-8,12,15H,9-11,13H2,1-2H3. The van der Waals surface area contributed by atoms with Crippen molar-refractivity contribution >= 4 is 23.0 Å². The number of aryl methyl sites for hydroxylation is 1. The fraction of sp³-hybridized carbons (Fsp3) is 0.318. The van der Waals surface area contributed by atoms with E-state index in [9.17, 15) is 9.59 Å². The summed E-state index contributed by atoms with van der Waals surface area (Å²) in [4.78, 5) is 31.0. The third-order valence-corrected chi connectivity index (χ3v) is 5.25. The number of rotatable bonds is 4. The molecule has 1 fully saturated rings. The predicted molar refractivity (Wildman–Crippen MR) is 104 cm³/mol. The van der Waals surface area contributed by atoms with Gasteiger partial charge in [-0.1, -0.05) is 18.2 Å². The van der Waals surface area contributed by atoms with E-state index >= 15 is 0 Å². The van der Waals surface area contributed by atoms with Gasteiger partial charge >= 0.3 is 5.97 Å². The number of likely N-dealkylation sites (tertiary alicyclic amines) is 1. The number of benzene rings is 2. The zero-order valence-corrected chi connectivity index (χ0v) is 16.0. The van der Waals surface area contributed by atoms with Gasteiger partial charge in [0.15, 0.2) is 11.5 Å². The highest BCUT2D eigenvalue weighted by molar-refractivity contribution is 5.97. The van der Waals surface area contributed by atoms with Crippen LogP contribution in [0.5, 0.6) is 0 Å². The lowest BCUT2D eigenvalue weighted by atomic mass is 9.95. The van der Waals surface area contributed by atoms with Gasteiger partial charge in [-0.15, -0.1) is 0 Å². The first-order valence-corrected chi connectivity index (χ1v) is 9.38. The van der Waals surface area contributed by atoms with E-state index < -0.39 is 0 Å². The maximum atomic E-state index is 12.9. The molecule has 28 heavy (non-hydrogen) atoms. The average molecular weight is 378 g/mol. The molecule has 1 saturated heterocycles. The summed E-state index contributed by atoms with van der Waals surface area (Å²) in [7, 11) is 1.39. The summed E-state index contributed by atoms with van der Waals surface area (Å²) in [6, 6.07) is 12.9. The minimum atomic E-state index is -0.322. The van der Waals surface area contributed by atoms with E-state index in [0.29, 0.717) is 41.6 Å². The Hall–Kier alpha value is -3.15. The van der Waals surface area contributed by atoms with Crippen molar-refractivity contribution in [1.82, 2.24) is 9.88 Å². The number of esters is 1. The Morgan fingerprint density at radius 2 is 2.07 bits per heavy atom. The minimum Gasteiger partial charge on any atom is -0.465 e. The number of methoxy groups -OCH3 is 1. The molecule has 0 N–H and O–H groups in total. The largest absolute Gasteiger partial charge is 0.465 e. The van der Waals surface area contributed by atoms with Gasteiger partial charge in [0.1, 0.15) is 5.52 Å². The Balaban J connectivity index is 1.46. The molecule has 6 heteroatoms. The molecule has 3 aromatic rings. The number of aromatic nitrogens is 1. The van der Waals surface area contributed by atoms with Gasteiger partial charge in [-0.2, -0.15) is 0 Å². The van der Waals surface area contributed by atoms with Crippen molar-refractivity contribution in [3.8, 4) is 0 Å². The molecule has 0 aliphatic carbocycles. The lowest BCUT2D eigenvalue weighted by molar-refractivity contribution is 0.0598. The highest BCUT2D eigenvalue weighted by Crippen LogP contribution is 2.25. The number of oxazole rings is 1. The first-order valence-electron chi connectivity index (χ1n) is 9.38. The Kier molecular flexibility index (Phi) is 4.86. The molecular formula is C22H22N2O4. The van der Waals surface area contributed by atoms with E-state index in [1.165, 1.54) is 7.11 Å². The summed E-state index contributed by atoms with van der Waals surface area (Å²) in [5, 5.41) is 0. The normalized spacial score (nSPS) is 16.5. The fourth-order valence-electron chi connectivity index (χ4n) is 3.86. The van der Waals surface area contributed by atoms with Crippen molar-refractivity contribution in [2.75, 3.05) is 20.2 Å². The van der Waals surface area contributed by atoms with Crippen molar-refractivity contribution < 1.29 is 18.7 Å². The van der Waals surface area contributed by atoms with Crippen LogP contribution in [-0.2, 0) is 11.2 Å². The van der Waals surface area contributed by atoms with E-state index in [2.05, 4.69) is 4.98 Å². The monoisotopic (exact) mass is 378 g/mol. The third kappa shape index (κ3) is 3.50. The highest BCUT2D eigenvalue weighted by Gasteiger charge is 2.28. The van der Waals surface area contributed by atoms with Gasteiger partial charge in [0.25, 0.3) is 5.91 Å². The molecule has 0 radical (unpaired) electrons. The second-order valence-corrected chi connectivity index (χ2v) is 7.17. The highest BCUT2D eigenvalue weighted by atomic mass is 16.5. The van der Waals surface area contributed by atoms with E-state index in [4.69, 9.17) is 9.15 Å². The molecule has 1 atom stereocenters. The second kappa shape index (κ2) is 7.46. The van der Waals surface area contributed by atoms with Gasteiger partial charge in [-0.25, -0.2) is 9.78 Å². The van der Waals surface area contributed by atoms with Crippen LogP contribution in [0.3, 0.4) is 0 Å². The number of nitrogens with zero attached hydrogens (tertiary/aromatic N) is 2. The number of ether oxygens (including phenoxy) is 1. The van der Waals surface area contributed by atoms with Crippen LogP contribution in [0.1, 0.15) is 38.6 Å². The van der Waals surface area contributed by atoms with Crippen LogP contribution >= 0.6 is 0 Å². The van der Waals surface area contributed by atoms with E-state index in [1.54, 1.807) is 25.1 Å². The Morgan fingerprint density at radius 3 is 2.89 bits per heavy atom. The van der Waals surface area contributed by atoms with Crippen molar-refractivity contribution in [2.45, 2.75) is 19.8 Å². The molecule has 1 aromatic heterocycles. The molecule has 1 aliphatic heterocycles. The van der Waals surface area contributed by atoms with Crippen molar-refractivity contribution in [3.05, 3.63) is 65.0 Å². The van der Waals surface area contributed by atoms with Gasteiger partial charge < -0.3 is 14.1 Å². The summed E-state index contributed by atoms with van der Waals surface area (Å²) in [5.74, 6) is 0.577. The van der Waals surface area contributed by atoms with Gasteiger partial charge in [-0.05, 0) is 48.6 Å². The van der Waals surface area contributed by atoms with E-state index in [0.717, 1.165) is 23.9 Å². The minimum absolute atomic E-state index is 0.000272.